The van der Waals surface area contributed by atoms with Crippen LogP contribution < -0.4 is 10.6 Å². The van der Waals surface area contributed by atoms with Crippen molar-refractivity contribution in [2.24, 2.45) is 4.99 Å². The number of rotatable bonds is 7. The van der Waals surface area contributed by atoms with Gasteiger partial charge in [0.1, 0.15) is 0 Å². The Kier molecular flexibility index (Phi) is 7.68. The summed E-state index contributed by atoms with van der Waals surface area (Å²) in [6, 6.07) is 4.29. The third-order valence-corrected chi connectivity index (χ3v) is 2.83. The van der Waals surface area contributed by atoms with Gasteiger partial charge in [0.2, 0.25) is 0 Å². The fourth-order valence-corrected chi connectivity index (χ4v) is 1.87. The third kappa shape index (κ3) is 6.08. The number of nitrogens with one attached hydrogen (secondary N) is 2. The molecule has 0 aliphatic rings. The summed E-state index contributed by atoms with van der Waals surface area (Å²) in [6.07, 6.45) is 0.346. The molecule has 0 saturated heterocycles. The van der Waals surface area contributed by atoms with Crippen LogP contribution in [0.3, 0.4) is 0 Å². The molecule has 0 aliphatic heterocycles. The first kappa shape index (κ1) is 17.4. The summed E-state index contributed by atoms with van der Waals surface area (Å²) in [4.78, 5) is 4.35. The maximum Gasteiger partial charge on any atom is 0.191 e. The molecular formula is C15H23F2N3O. The smallest absolute Gasteiger partial charge is 0.191 e. The van der Waals surface area contributed by atoms with E-state index in [2.05, 4.69) is 15.6 Å². The summed E-state index contributed by atoms with van der Waals surface area (Å²) < 4.78 is 31.7. The summed E-state index contributed by atoms with van der Waals surface area (Å²) in [6.45, 7) is 5.59. The van der Waals surface area contributed by atoms with Crippen LogP contribution in [0.5, 0.6) is 0 Å². The predicted molar refractivity (Wildman–Crippen MR) is 80.5 cm³/mol. The Morgan fingerprint density at radius 1 is 1.38 bits per heavy atom. The second-order valence-corrected chi connectivity index (χ2v) is 4.72. The molecule has 0 radical (unpaired) electrons. The molecule has 1 aromatic carbocycles. The monoisotopic (exact) mass is 299 g/mol. The lowest BCUT2D eigenvalue weighted by Gasteiger charge is -2.17. The van der Waals surface area contributed by atoms with Crippen LogP contribution in [0.4, 0.5) is 8.78 Å². The van der Waals surface area contributed by atoms with Crippen LogP contribution >= 0.6 is 0 Å². The minimum Gasteiger partial charge on any atom is -0.383 e. The van der Waals surface area contributed by atoms with Gasteiger partial charge in [-0.2, -0.15) is 0 Å². The average molecular weight is 299 g/mol. The Labute approximate surface area is 124 Å². The average Bonchev–Trinajstić information content (AvgIpc) is 2.44. The van der Waals surface area contributed by atoms with Crippen molar-refractivity contribution in [3.05, 3.63) is 35.4 Å². The Balaban J connectivity index is 2.59. The molecule has 0 fully saturated rings. The third-order valence-electron chi connectivity index (χ3n) is 2.83. The Hall–Kier alpha value is -1.69. The van der Waals surface area contributed by atoms with E-state index >= 15 is 0 Å². The summed E-state index contributed by atoms with van der Waals surface area (Å²) >= 11 is 0. The topological polar surface area (TPSA) is 45.7 Å². The van der Waals surface area contributed by atoms with Gasteiger partial charge in [0, 0.05) is 26.2 Å². The molecule has 1 unspecified atom stereocenters. The first-order chi connectivity index (χ1) is 10.1. The highest BCUT2D eigenvalue weighted by Gasteiger charge is 2.08. The molecule has 2 N–H and O–H groups in total. The zero-order valence-corrected chi connectivity index (χ0v) is 12.7. The molecule has 1 rings (SSSR count). The number of benzene rings is 1. The van der Waals surface area contributed by atoms with Gasteiger partial charge >= 0.3 is 0 Å². The zero-order valence-electron chi connectivity index (χ0n) is 12.7. The lowest BCUT2D eigenvalue weighted by molar-refractivity contribution is 0.179. The van der Waals surface area contributed by atoms with E-state index in [0.29, 0.717) is 31.1 Å². The SMILES string of the molecule is CCNC(=NCCc1cccc(F)c1F)NC(C)COC. The van der Waals surface area contributed by atoms with Gasteiger partial charge in [-0.05, 0) is 31.9 Å². The van der Waals surface area contributed by atoms with E-state index in [4.69, 9.17) is 4.74 Å². The van der Waals surface area contributed by atoms with Crippen molar-refractivity contribution >= 4 is 5.96 Å². The minimum absolute atomic E-state index is 0.110. The molecular weight excluding hydrogens is 276 g/mol. The Morgan fingerprint density at radius 3 is 2.81 bits per heavy atom. The Bertz CT molecular complexity index is 466. The van der Waals surface area contributed by atoms with Gasteiger partial charge in [-0.3, -0.25) is 4.99 Å². The first-order valence-electron chi connectivity index (χ1n) is 7.05. The second kappa shape index (κ2) is 9.28. The van der Waals surface area contributed by atoms with E-state index in [1.54, 1.807) is 13.2 Å². The number of hydrogen-bond donors (Lipinski definition) is 2. The standard InChI is InChI=1S/C15H23F2N3O/c1-4-18-15(20-11(2)10-21-3)19-9-8-12-6-5-7-13(16)14(12)17/h5-7,11H,4,8-10H2,1-3H3,(H2,18,19,20). The van der Waals surface area contributed by atoms with Crippen molar-refractivity contribution in [3.63, 3.8) is 0 Å². The summed E-state index contributed by atoms with van der Waals surface area (Å²) in [7, 11) is 1.63. The van der Waals surface area contributed by atoms with Gasteiger partial charge in [-0.25, -0.2) is 8.78 Å². The van der Waals surface area contributed by atoms with Crippen molar-refractivity contribution in [2.45, 2.75) is 26.3 Å². The molecule has 0 bridgehead atoms. The highest BCUT2D eigenvalue weighted by molar-refractivity contribution is 5.80. The van der Waals surface area contributed by atoms with Gasteiger partial charge < -0.3 is 15.4 Å². The zero-order chi connectivity index (χ0) is 15.7. The van der Waals surface area contributed by atoms with E-state index in [-0.39, 0.29) is 6.04 Å². The molecule has 0 amide bonds. The van der Waals surface area contributed by atoms with E-state index in [9.17, 15) is 8.78 Å². The molecule has 0 saturated carbocycles. The number of hydrogen-bond acceptors (Lipinski definition) is 2. The molecule has 1 aromatic rings. The molecule has 4 nitrogen and oxygen atoms in total. The van der Waals surface area contributed by atoms with Gasteiger partial charge in [0.05, 0.1) is 6.61 Å². The lowest BCUT2D eigenvalue weighted by atomic mass is 10.1. The predicted octanol–water partition coefficient (Wildman–Crippen LogP) is 2.10. The quantitative estimate of drug-likeness (QED) is 0.599. The van der Waals surface area contributed by atoms with Gasteiger partial charge in [-0.1, -0.05) is 12.1 Å². The highest BCUT2D eigenvalue weighted by Crippen LogP contribution is 2.11. The molecule has 6 heteroatoms. The van der Waals surface area contributed by atoms with Crippen LogP contribution in [-0.2, 0) is 11.2 Å². The number of guanidine groups is 1. The molecule has 0 aromatic heterocycles. The second-order valence-electron chi connectivity index (χ2n) is 4.72. The fraction of sp³-hybridized carbons (Fsp3) is 0.533. The van der Waals surface area contributed by atoms with Crippen molar-refractivity contribution in [1.82, 2.24) is 10.6 Å². The largest absolute Gasteiger partial charge is 0.383 e. The normalized spacial score (nSPS) is 13.1. The van der Waals surface area contributed by atoms with Crippen LogP contribution in [0.25, 0.3) is 0 Å². The van der Waals surface area contributed by atoms with Crippen LogP contribution in [0.2, 0.25) is 0 Å². The number of ether oxygens (including phenoxy) is 1. The maximum atomic E-state index is 13.5. The minimum atomic E-state index is -0.824. The van der Waals surface area contributed by atoms with E-state index in [1.807, 2.05) is 13.8 Å². The summed E-state index contributed by atoms with van der Waals surface area (Å²) in [5.74, 6) is -0.979. The van der Waals surface area contributed by atoms with Crippen LogP contribution in [0.15, 0.2) is 23.2 Å². The summed E-state index contributed by atoms with van der Waals surface area (Å²) in [5, 5.41) is 6.28. The Morgan fingerprint density at radius 2 is 2.14 bits per heavy atom. The first-order valence-corrected chi connectivity index (χ1v) is 7.05. The number of nitrogens with zero attached hydrogens (tertiary/aromatic N) is 1. The molecule has 1 atom stereocenters. The molecule has 0 heterocycles. The van der Waals surface area contributed by atoms with Crippen molar-refractivity contribution < 1.29 is 13.5 Å². The van der Waals surface area contributed by atoms with E-state index in [1.165, 1.54) is 6.07 Å². The van der Waals surface area contributed by atoms with Gasteiger partial charge in [0.15, 0.2) is 17.6 Å². The fourth-order valence-electron chi connectivity index (χ4n) is 1.87. The summed E-state index contributed by atoms with van der Waals surface area (Å²) in [5.41, 5.74) is 0.333. The van der Waals surface area contributed by atoms with Crippen LogP contribution in [0.1, 0.15) is 19.4 Å². The number of methoxy groups -OCH3 is 1. The molecule has 118 valence electrons. The molecule has 0 spiro atoms. The van der Waals surface area contributed by atoms with Gasteiger partial charge in [-0.15, -0.1) is 0 Å². The van der Waals surface area contributed by atoms with Crippen LogP contribution in [0, 0.1) is 11.6 Å². The molecule has 21 heavy (non-hydrogen) atoms. The van der Waals surface area contributed by atoms with E-state index in [0.717, 1.165) is 12.6 Å². The molecule has 0 aliphatic carbocycles. The van der Waals surface area contributed by atoms with Crippen LogP contribution in [-0.4, -0.2) is 38.8 Å². The van der Waals surface area contributed by atoms with Crippen molar-refractivity contribution in [3.8, 4) is 0 Å². The highest BCUT2D eigenvalue weighted by atomic mass is 19.2. The van der Waals surface area contributed by atoms with E-state index < -0.39 is 11.6 Å². The van der Waals surface area contributed by atoms with Gasteiger partial charge in [0.25, 0.3) is 0 Å². The number of aliphatic imine (C=N–C) groups is 1. The van der Waals surface area contributed by atoms with Crippen molar-refractivity contribution in [1.29, 1.82) is 0 Å². The maximum absolute atomic E-state index is 13.5. The lowest BCUT2D eigenvalue weighted by Crippen LogP contribution is -2.44. The van der Waals surface area contributed by atoms with Crippen molar-refractivity contribution in [2.75, 3.05) is 26.8 Å². The number of halogens is 2.